The van der Waals surface area contributed by atoms with E-state index in [0.717, 1.165) is 26.2 Å². The van der Waals surface area contributed by atoms with E-state index in [-0.39, 0.29) is 4.47 Å². The van der Waals surface area contributed by atoms with Crippen molar-refractivity contribution in [2.45, 2.75) is 25.6 Å². The second-order valence-electron chi connectivity index (χ2n) is 5.04. The highest BCUT2D eigenvalue weighted by Gasteiger charge is 2.32. The number of hydrogen-bond acceptors (Lipinski definition) is 2. The van der Waals surface area contributed by atoms with Crippen molar-refractivity contribution in [1.82, 2.24) is 10.2 Å². The quantitative estimate of drug-likeness (QED) is 0.815. The van der Waals surface area contributed by atoms with Gasteiger partial charge in [-0.25, -0.2) is 0 Å². The van der Waals surface area contributed by atoms with E-state index in [1.165, 1.54) is 25.0 Å². The van der Waals surface area contributed by atoms with Gasteiger partial charge in [0, 0.05) is 24.1 Å². The van der Waals surface area contributed by atoms with Crippen LogP contribution >= 0.6 is 15.9 Å². The molecule has 1 aromatic rings. The van der Waals surface area contributed by atoms with Crippen LogP contribution in [0.4, 0.5) is 13.2 Å². The molecule has 6 heteroatoms. The molecule has 1 aliphatic heterocycles. The van der Waals surface area contributed by atoms with Crippen LogP contribution in [-0.4, -0.2) is 31.1 Å². The van der Waals surface area contributed by atoms with Gasteiger partial charge in [0.2, 0.25) is 0 Å². The smallest absolute Gasteiger partial charge is 0.311 e. The van der Waals surface area contributed by atoms with E-state index in [1.807, 2.05) is 0 Å². The first-order chi connectivity index (χ1) is 9.47. The number of benzene rings is 1. The van der Waals surface area contributed by atoms with Crippen LogP contribution in [0.5, 0.6) is 0 Å². The van der Waals surface area contributed by atoms with Crippen LogP contribution in [0, 0.1) is 0 Å². The number of nitrogens with one attached hydrogen (secondary N) is 1. The van der Waals surface area contributed by atoms with Gasteiger partial charge in [-0.1, -0.05) is 22.0 Å². The fourth-order valence-electron chi connectivity index (χ4n) is 2.38. The zero-order valence-corrected chi connectivity index (χ0v) is 12.7. The van der Waals surface area contributed by atoms with Crippen LogP contribution in [0.3, 0.4) is 0 Å². The maximum Gasteiger partial charge on any atom is 0.417 e. The molecule has 0 aromatic heterocycles. The first kappa shape index (κ1) is 15.8. The highest BCUT2D eigenvalue weighted by Crippen LogP contribution is 2.35. The Balaban J connectivity index is 1.83. The van der Waals surface area contributed by atoms with Gasteiger partial charge in [-0.05, 0) is 43.6 Å². The molecule has 1 saturated heterocycles. The molecular weight excluding hydrogens is 333 g/mol. The van der Waals surface area contributed by atoms with Gasteiger partial charge in [0.25, 0.3) is 0 Å². The standard InChI is InChI=1S/C14H18BrF3N2/c15-13-4-3-11(9-12(13)14(16,17)18)10-19-5-8-20-6-1-2-7-20/h3-4,9,19H,1-2,5-8,10H2. The molecule has 0 unspecified atom stereocenters. The van der Waals surface area contributed by atoms with Crippen molar-refractivity contribution < 1.29 is 13.2 Å². The van der Waals surface area contributed by atoms with Gasteiger partial charge in [0.05, 0.1) is 5.56 Å². The van der Waals surface area contributed by atoms with E-state index in [2.05, 4.69) is 26.1 Å². The lowest BCUT2D eigenvalue weighted by Crippen LogP contribution is -2.29. The van der Waals surface area contributed by atoms with Crippen molar-refractivity contribution in [3.8, 4) is 0 Å². The predicted molar refractivity (Wildman–Crippen MR) is 76.5 cm³/mol. The van der Waals surface area contributed by atoms with E-state index < -0.39 is 11.7 Å². The fourth-order valence-corrected chi connectivity index (χ4v) is 2.85. The van der Waals surface area contributed by atoms with Gasteiger partial charge >= 0.3 is 6.18 Å². The largest absolute Gasteiger partial charge is 0.417 e. The lowest BCUT2D eigenvalue weighted by atomic mass is 10.1. The normalized spacial score (nSPS) is 16.8. The van der Waals surface area contributed by atoms with Crippen LogP contribution < -0.4 is 5.32 Å². The number of rotatable bonds is 5. The second kappa shape index (κ2) is 6.91. The van der Waals surface area contributed by atoms with Crippen LogP contribution in [0.2, 0.25) is 0 Å². The van der Waals surface area contributed by atoms with Crippen molar-refractivity contribution in [2.75, 3.05) is 26.2 Å². The molecule has 1 aromatic carbocycles. The summed E-state index contributed by atoms with van der Waals surface area (Å²) in [5, 5.41) is 3.20. The maximum absolute atomic E-state index is 12.8. The average molecular weight is 351 g/mol. The summed E-state index contributed by atoms with van der Waals surface area (Å²) >= 11 is 2.95. The fraction of sp³-hybridized carbons (Fsp3) is 0.571. The zero-order chi connectivity index (χ0) is 14.6. The number of halogens is 4. The molecular formula is C14H18BrF3N2. The van der Waals surface area contributed by atoms with E-state index in [1.54, 1.807) is 6.07 Å². The SMILES string of the molecule is FC(F)(F)c1cc(CNCCN2CCCC2)ccc1Br. The Morgan fingerprint density at radius 3 is 2.55 bits per heavy atom. The van der Waals surface area contributed by atoms with Crippen LogP contribution in [-0.2, 0) is 12.7 Å². The summed E-state index contributed by atoms with van der Waals surface area (Å²) < 4.78 is 38.4. The Hall–Kier alpha value is -0.590. The third kappa shape index (κ3) is 4.46. The first-order valence-electron chi connectivity index (χ1n) is 6.75. The minimum Gasteiger partial charge on any atom is -0.311 e. The third-order valence-electron chi connectivity index (χ3n) is 3.47. The monoisotopic (exact) mass is 350 g/mol. The molecule has 0 atom stereocenters. The molecule has 0 amide bonds. The highest BCUT2D eigenvalue weighted by molar-refractivity contribution is 9.10. The molecule has 0 spiro atoms. The predicted octanol–water partition coefficient (Wildman–Crippen LogP) is 3.65. The molecule has 0 saturated carbocycles. The number of likely N-dealkylation sites (tertiary alicyclic amines) is 1. The van der Waals surface area contributed by atoms with Crippen molar-refractivity contribution in [3.05, 3.63) is 33.8 Å². The van der Waals surface area contributed by atoms with Gasteiger partial charge in [-0.3, -0.25) is 0 Å². The Morgan fingerprint density at radius 1 is 1.20 bits per heavy atom. The Labute approximate surface area is 125 Å². The average Bonchev–Trinajstić information content (AvgIpc) is 2.88. The van der Waals surface area contributed by atoms with E-state index in [9.17, 15) is 13.2 Å². The molecule has 1 N–H and O–H groups in total. The minimum absolute atomic E-state index is 0.0887. The molecule has 20 heavy (non-hydrogen) atoms. The van der Waals surface area contributed by atoms with Gasteiger partial charge in [0.1, 0.15) is 0 Å². The third-order valence-corrected chi connectivity index (χ3v) is 4.16. The topological polar surface area (TPSA) is 15.3 Å². The van der Waals surface area contributed by atoms with Gasteiger partial charge < -0.3 is 10.2 Å². The Morgan fingerprint density at radius 2 is 1.90 bits per heavy atom. The summed E-state index contributed by atoms with van der Waals surface area (Å²) in [7, 11) is 0. The summed E-state index contributed by atoms with van der Waals surface area (Å²) in [6.45, 7) is 4.50. The van der Waals surface area contributed by atoms with Crippen LogP contribution in [0.1, 0.15) is 24.0 Å². The Kier molecular flexibility index (Phi) is 5.46. The van der Waals surface area contributed by atoms with Gasteiger partial charge in [-0.2, -0.15) is 13.2 Å². The molecule has 112 valence electrons. The first-order valence-corrected chi connectivity index (χ1v) is 7.55. The molecule has 0 radical (unpaired) electrons. The maximum atomic E-state index is 12.8. The van der Waals surface area contributed by atoms with Crippen molar-refractivity contribution in [1.29, 1.82) is 0 Å². The van der Waals surface area contributed by atoms with Crippen LogP contribution in [0.25, 0.3) is 0 Å². The summed E-state index contributed by atoms with van der Waals surface area (Å²) in [6, 6.07) is 4.37. The number of hydrogen-bond donors (Lipinski definition) is 1. The van der Waals surface area contributed by atoms with Crippen LogP contribution in [0.15, 0.2) is 22.7 Å². The van der Waals surface area contributed by atoms with Crippen molar-refractivity contribution in [2.24, 2.45) is 0 Å². The second-order valence-corrected chi connectivity index (χ2v) is 5.89. The molecule has 0 aliphatic carbocycles. The molecule has 0 bridgehead atoms. The van der Waals surface area contributed by atoms with Crippen molar-refractivity contribution >= 4 is 15.9 Å². The van der Waals surface area contributed by atoms with E-state index in [4.69, 9.17) is 0 Å². The van der Waals surface area contributed by atoms with E-state index >= 15 is 0 Å². The Bertz CT molecular complexity index is 443. The lowest BCUT2D eigenvalue weighted by Gasteiger charge is -2.15. The number of nitrogens with zero attached hydrogens (tertiary/aromatic N) is 1. The highest BCUT2D eigenvalue weighted by atomic mass is 79.9. The molecule has 1 heterocycles. The molecule has 1 aliphatic rings. The van der Waals surface area contributed by atoms with E-state index in [0.29, 0.717) is 12.1 Å². The summed E-state index contributed by atoms with van der Waals surface area (Å²) in [4.78, 5) is 2.37. The summed E-state index contributed by atoms with van der Waals surface area (Å²) in [5.41, 5.74) is 0.0401. The summed E-state index contributed by atoms with van der Waals surface area (Å²) in [5.74, 6) is 0. The summed E-state index contributed by atoms with van der Waals surface area (Å²) in [6.07, 6.45) is -1.81. The molecule has 1 fully saturated rings. The molecule has 2 rings (SSSR count). The van der Waals surface area contributed by atoms with Gasteiger partial charge in [-0.15, -0.1) is 0 Å². The van der Waals surface area contributed by atoms with Gasteiger partial charge in [0.15, 0.2) is 0 Å². The molecule has 2 nitrogen and oxygen atoms in total. The minimum atomic E-state index is -4.32. The zero-order valence-electron chi connectivity index (χ0n) is 11.1. The van der Waals surface area contributed by atoms with Crippen molar-refractivity contribution in [3.63, 3.8) is 0 Å². The lowest BCUT2D eigenvalue weighted by molar-refractivity contribution is -0.138. The number of alkyl halides is 3.